The Morgan fingerprint density at radius 1 is 1.48 bits per heavy atom. The van der Waals surface area contributed by atoms with Gasteiger partial charge in [-0.05, 0) is 12.8 Å². The van der Waals surface area contributed by atoms with Gasteiger partial charge in [0.25, 0.3) is 0 Å². The zero-order valence-corrected chi connectivity index (χ0v) is 12.2. The van der Waals surface area contributed by atoms with Crippen molar-refractivity contribution in [3.8, 4) is 0 Å². The van der Waals surface area contributed by atoms with Crippen molar-refractivity contribution in [2.75, 3.05) is 12.3 Å². The van der Waals surface area contributed by atoms with Gasteiger partial charge in [-0.2, -0.15) is 18.2 Å². The lowest BCUT2D eigenvalue weighted by Crippen LogP contribution is -2.29. The van der Waals surface area contributed by atoms with Gasteiger partial charge in [-0.25, -0.2) is 4.79 Å². The van der Waals surface area contributed by atoms with E-state index >= 15 is 0 Å². The van der Waals surface area contributed by atoms with Gasteiger partial charge in [-0.3, -0.25) is 4.57 Å². The zero-order valence-electron chi connectivity index (χ0n) is 12.2. The van der Waals surface area contributed by atoms with E-state index in [0.29, 0.717) is 5.56 Å². The fourth-order valence-electron chi connectivity index (χ4n) is 2.45. The molecule has 4 N–H and O–H groups in total. The van der Waals surface area contributed by atoms with Crippen LogP contribution in [0.25, 0.3) is 0 Å². The number of rotatable bonds is 5. The summed E-state index contributed by atoms with van der Waals surface area (Å²) in [5.74, 6) is -0.120. The van der Waals surface area contributed by atoms with E-state index in [4.69, 9.17) is 15.6 Å². The van der Waals surface area contributed by atoms with Crippen LogP contribution < -0.4 is 11.4 Å². The van der Waals surface area contributed by atoms with Crippen LogP contribution in [-0.2, 0) is 11.2 Å². The normalized spacial score (nSPS) is 25.0. The molecule has 1 aliphatic heterocycles. The first-order valence-corrected chi connectivity index (χ1v) is 7.10. The van der Waals surface area contributed by atoms with E-state index in [1.165, 1.54) is 6.20 Å². The maximum Gasteiger partial charge on any atom is 0.389 e. The highest BCUT2D eigenvalue weighted by Gasteiger charge is 2.35. The summed E-state index contributed by atoms with van der Waals surface area (Å²) in [5.41, 5.74) is 5.16. The molecule has 1 unspecified atom stereocenters. The van der Waals surface area contributed by atoms with E-state index in [2.05, 4.69) is 4.98 Å². The minimum absolute atomic E-state index is 0.0112. The second-order valence-corrected chi connectivity index (χ2v) is 5.42. The molecule has 0 aliphatic carbocycles. The maximum absolute atomic E-state index is 12.2. The predicted octanol–water partition coefficient (Wildman–Crippen LogP) is 0.351. The molecule has 0 bridgehead atoms. The standard InChI is InChI=1S/C13H18F3N3O4/c14-13(15,16)3-1-2-7-5-19(12(22)18-11(7)17)10-4-8(21)9(6-20)23-10/h5,8-10,20-21H,1-4,6H2,(H2,17,18,22)/t8?,9-,10-/m1/s1. The molecule has 1 aliphatic rings. The van der Waals surface area contributed by atoms with Crippen LogP contribution in [-0.4, -0.2) is 44.8 Å². The lowest BCUT2D eigenvalue weighted by atomic mass is 10.1. The second kappa shape index (κ2) is 6.85. The van der Waals surface area contributed by atoms with Gasteiger partial charge in [-0.1, -0.05) is 0 Å². The minimum atomic E-state index is -4.26. The minimum Gasteiger partial charge on any atom is -0.394 e. The molecule has 0 saturated carbocycles. The third-order valence-corrected chi connectivity index (χ3v) is 3.66. The molecule has 7 nitrogen and oxygen atoms in total. The van der Waals surface area contributed by atoms with Crippen LogP contribution in [0.2, 0.25) is 0 Å². The molecule has 0 radical (unpaired) electrons. The Hall–Kier alpha value is -1.65. The van der Waals surface area contributed by atoms with Gasteiger partial charge in [0.1, 0.15) is 18.1 Å². The van der Waals surface area contributed by atoms with Crippen LogP contribution in [0, 0.1) is 0 Å². The number of nitrogen functional groups attached to an aromatic ring is 1. The Bertz CT molecular complexity index is 605. The quantitative estimate of drug-likeness (QED) is 0.715. The molecule has 0 aromatic carbocycles. The van der Waals surface area contributed by atoms with Crippen molar-refractivity contribution >= 4 is 5.82 Å². The zero-order chi connectivity index (χ0) is 17.2. The van der Waals surface area contributed by atoms with Crippen molar-refractivity contribution < 1.29 is 28.1 Å². The van der Waals surface area contributed by atoms with E-state index in [-0.39, 0.29) is 25.1 Å². The molecule has 10 heteroatoms. The molecule has 2 rings (SSSR count). The summed E-state index contributed by atoms with van der Waals surface area (Å²) in [4.78, 5) is 15.5. The van der Waals surface area contributed by atoms with Crippen molar-refractivity contribution in [3.05, 3.63) is 22.2 Å². The number of aliphatic hydroxyl groups is 2. The average Bonchev–Trinajstić information content (AvgIpc) is 2.81. The second-order valence-electron chi connectivity index (χ2n) is 5.42. The van der Waals surface area contributed by atoms with Gasteiger partial charge in [-0.15, -0.1) is 0 Å². The number of halogens is 3. The number of hydrogen-bond acceptors (Lipinski definition) is 6. The van der Waals surface area contributed by atoms with E-state index in [9.17, 15) is 23.1 Å². The number of nitrogens with two attached hydrogens (primary N) is 1. The average molecular weight is 337 g/mol. The van der Waals surface area contributed by atoms with Crippen LogP contribution in [0.5, 0.6) is 0 Å². The Morgan fingerprint density at radius 2 is 2.17 bits per heavy atom. The Balaban J connectivity index is 2.15. The van der Waals surface area contributed by atoms with Crippen molar-refractivity contribution in [2.45, 2.75) is 50.3 Å². The molecule has 1 fully saturated rings. The summed E-state index contributed by atoms with van der Waals surface area (Å²) in [6, 6.07) is 0. The maximum atomic E-state index is 12.2. The molecule has 1 saturated heterocycles. The summed E-state index contributed by atoms with van der Waals surface area (Å²) in [6.07, 6.45) is -6.62. The summed E-state index contributed by atoms with van der Waals surface area (Å²) >= 11 is 0. The number of anilines is 1. The van der Waals surface area contributed by atoms with Crippen molar-refractivity contribution in [1.82, 2.24) is 9.55 Å². The highest BCUT2D eigenvalue weighted by atomic mass is 19.4. The highest BCUT2D eigenvalue weighted by Crippen LogP contribution is 2.28. The first-order valence-electron chi connectivity index (χ1n) is 7.10. The molecule has 0 amide bonds. The fourth-order valence-corrected chi connectivity index (χ4v) is 2.45. The Morgan fingerprint density at radius 3 is 2.74 bits per heavy atom. The molecular formula is C13H18F3N3O4. The highest BCUT2D eigenvalue weighted by molar-refractivity contribution is 5.36. The Kier molecular flexibility index (Phi) is 5.27. The third-order valence-electron chi connectivity index (χ3n) is 3.66. The topological polar surface area (TPSA) is 111 Å². The molecule has 23 heavy (non-hydrogen) atoms. The van der Waals surface area contributed by atoms with Crippen LogP contribution >= 0.6 is 0 Å². The predicted molar refractivity (Wildman–Crippen MR) is 73.5 cm³/mol. The van der Waals surface area contributed by atoms with Crippen LogP contribution in [0.3, 0.4) is 0 Å². The summed E-state index contributed by atoms with van der Waals surface area (Å²) in [7, 11) is 0. The van der Waals surface area contributed by atoms with Crippen molar-refractivity contribution in [3.63, 3.8) is 0 Å². The monoisotopic (exact) mass is 337 g/mol. The van der Waals surface area contributed by atoms with Crippen molar-refractivity contribution in [1.29, 1.82) is 0 Å². The number of aromatic nitrogens is 2. The number of hydrogen-bond donors (Lipinski definition) is 3. The van der Waals surface area contributed by atoms with Gasteiger partial charge >= 0.3 is 11.9 Å². The molecule has 3 atom stereocenters. The van der Waals surface area contributed by atoms with Gasteiger partial charge in [0.15, 0.2) is 0 Å². The lowest BCUT2D eigenvalue weighted by Gasteiger charge is -2.16. The molecular weight excluding hydrogens is 319 g/mol. The number of aliphatic hydroxyl groups excluding tert-OH is 2. The number of ether oxygens (including phenoxy) is 1. The van der Waals surface area contributed by atoms with Crippen LogP contribution in [0.4, 0.5) is 19.0 Å². The van der Waals surface area contributed by atoms with E-state index < -0.39 is 43.3 Å². The fraction of sp³-hybridized carbons (Fsp3) is 0.692. The SMILES string of the molecule is Nc1nc(=O)n([C@H]2CC(O)[C@@H](CO)O2)cc1CCCC(F)(F)F. The smallest absolute Gasteiger partial charge is 0.389 e. The molecule has 0 spiro atoms. The van der Waals surface area contributed by atoms with Gasteiger partial charge in [0, 0.05) is 24.6 Å². The Labute approximate surface area is 129 Å². The van der Waals surface area contributed by atoms with Gasteiger partial charge < -0.3 is 20.7 Å². The first-order chi connectivity index (χ1) is 10.7. The lowest BCUT2D eigenvalue weighted by molar-refractivity contribution is -0.135. The van der Waals surface area contributed by atoms with Crippen LogP contribution in [0.1, 0.15) is 31.1 Å². The molecule has 130 valence electrons. The number of nitrogens with zero attached hydrogens (tertiary/aromatic N) is 2. The molecule has 1 aromatic heterocycles. The van der Waals surface area contributed by atoms with Gasteiger partial charge in [0.2, 0.25) is 0 Å². The summed E-state index contributed by atoms with van der Waals surface area (Å²) in [6.45, 7) is -0.409. The summed E-state index contributed by atoms with van der Waals surface area (Å²) in [5, 5.41) is 18.7. The van der Waals surface area contributed by atoms with Gasteiger partial charge in [0.05, 0.1) is 12.7 Å². The van der Waals surface area contributed by atoms with Crippen molar-refractivity contribution in [2.24, 2.45) is 0 Å². The van der Waals surface area contributed by atoms with E-state index in [1.807, 2.05) is 0 Å². The molecule has 1 aromatic rings. The largest absolute Gasteiger partial charge is 0.394 e. The third kappa shape index (κ3) is 4.43. The summed E-state index contributed by atoms with van der Waals surface area (Å²) < 4.78 is 43.0. The number of alkyl halides is 3. The molecule has 2 heterocycles. The van der Waals surface area contributed by atoms with Crippen LogP contribution in [0.15, 0.2) is 11.0 Å². The first kappa shape index (κ1) is 17.7. The van der Waals surface area contributed by atoms with E-state index in [0.717, 1.165) is 4.57 Å². The number of aryl methyl sites for hydroxylation is 1. The van der Waals surface area contributed by atoms with E-state index in [1.54, 1.807) is 0 Å².